The summed E-state index contributed by atoms with van der Waals surface area (Å²) in [7, 11) is -2.25. The monoisotopic (exact) mass is 434 g/mol. The highest BCUT2D eigenvalue weighted by molar-refractivity contribution is 7.89. The Morgan fingerprint density at radius 3 is 2.50 bits per heavy atom. The highest BCUT2D eigenvalue weighted by Crippen LogP contribution is 2.29. The third kappa shape index (κ3) is 4.92. The van der Waals surface area contributed by atoms with E-state index in [-0.39, 0.29) is 23.7 Å². The Morgan fingerprint density at radius 2 is 1.83 bits per heavy atom. The lowest BCUT2D eigenvalue weighted by Crippen LogP contribution is -2.40. The lowest BCUT2D eigenvalue weighted by Gasteiger charge is -2.26. The molecule has 2 aromatic rings. The SMILES string of the molecule is COc1ccc(S(=O)(=O)N2CCOCC2)cc1NC(=O)[C@@H](C)Oc1ccccc1C. The molecule has 1 aliphatic heterocycles. The van der Waals surface area contributed by atoms with Crippen LogP contribution in [0.5, 0.6) is 11.5 Å². The van der Waals surface area contributed by atoms with Crippen LogP contribution in [0.1, 0.15) is 12.5 Å². The maximum atomic E-state index is 12.9. The standard InChI is InChI=1S/C21H26N2O6S/c1-15-6-4-5-7-19(15)29-16(2)21(24)22-18-14-17(8-9-20(18)27-3)30(25,26)23-10-12-28-13-11-23/h4-9,14,16H,10-13H2,1-3H3,(H,22,24)/t16-/m1/s1. The molecule has 30 heavy (non-hydrogen) atoms. The zero-order valence-corrected chi connectivity index (χ0v) is 18.1. The maximum absolute atomic E-state index is 12.9. The van der Waals surface area contributed by atoms with E-state index in [4.69, 9.17) is 14.2 Å². The Kier molecular flexibility index (Phi) is 6.96. The number of sulfonamides is 1. The highest BCUT2D eigenvalue weighted by Gasteiger charge is 2.27. The zero-order valence-electron chi connectivity index (χ0n) is 17.3. The fourth-order valence-corrected chi connectivity index (χ4v) is 4.48. The molecule has 0 aromatic heterocycles. The average Bonchev–Trinajstić information content (AvgIpc) is 2.75. The molecule has 1 fully saturated rings. The van der Waals surface area contributed by atoms with Crippen LogP contribution in [0.25, 0.3) is 0 Å². The van der Waals surface area contributed by atoms with Crippen molar-refractivity contribution in [2.75, 3.05) is 38.7 Å². The van der Waals surface area contributed by atoms with E-state index in [0.29, 0.717) is 24.7 Å². The van der Waals surface area contributed by atoms with Gasteiger partial charge in [0.05, 0.1) is 30.9 Å². The molecule has 1 aliphatic rings. The van der Waals surface area contributed by atoms with E-state index >= 15 is 0 Å². The van der Waals surface area contributed by atoms with E-state index in [9.17, 15) is 13.2 Å². The van der Waals surface area contributed by atoms with E-state index in [2.05, 4.69) is 5.32 Å². The van der Waals surface area contributed by atoms with Crippen LogP contribution in [0, 0.1) is 6.92 Å². The highest BCUT2D eigenvalue weighted by atomic mass is 32.2. The smallest absolute Gasteiger partial charge is 0.265 e. The lowest BCUT2D eigenvalue weighted by molar-refractivity contribution is -0.122. The van der Waals surface area contributed by atoms with Gasteiger partial charge in [-0.3, -0.25) is 4.79 Å². The fourth-order valence-electron chi connectivity index (χ4n) is 3.05. The Labute approximate surface area is 176 Å². The number of ether oxygens (including phenoxy) is 3. The molecule has 0 aliphatic carbocycles. The van der Waals surface area contributed by atoms with Crippen molar-refractivity contribution in [1.29, 1.82) is 0 Å². The molecule has 0 unspecified atom stereocenters. The van der Waals surface area contributed by atoms with Gasteiger partial charge in [0, 0.05) is 13.1 Å². The Hall–Kier alpha value is -2.62. The van der Waals surface area contributed by atoms with Gasteiger partial charge in [-0.15, -0.1) is 0 Å². The molecule has 0 radical (unpaired) electrons. The minimum atomic E-state index is -3.70. The molecule has 162 valence electrons. The van der Waals surface area contributed by atoms with Crippen molar-refractivity contribution in [3.63, 3.8) is 0 Å². The van der Waals surface area contributed by atoms with Crippen LogP contribution in [0.15, 0.2) is 47.4 Å². The van der Waals surface area contributed by atoms with Crippen LogP contribution in [-0.2, 0) is 19.6 Å². The molecule has 3 rings (SSSR count). The second-order valence-corrected chi connectivity index (χ2v) is 8.83. The number of methoxy groups -OCH3 is 1. The van der Waals surface area contributed by atoms with Crippen molar-refractivity contribution in [3.8, 4) is 11.5 Å². The fraction of sp³-hybridized carbons (Fsp3) is 0.381. The summed E-state index contributed by atoms with van der Waals surface area (Å²) in [5.74, 6) is 0.542. The molecular weight excluding hydrogens is 408 g/mol. The summed E-state index contributed by atoms with van der Waals surface area (Å²) in [5, 5.41) is 2.72. The van der Waals surface area contributed by atoms with Crippen LogP contribution < -0.4 is 14.8 Å². The lowest BCUT2D eigenvalue weighted by atomic mass is 10.2. The van der Waals surface area contributed by atoms with Crippen LogP contribution >= 0.6 is 0 Å². The molecule has 1 amide bonds. The van der Waals surface area contributed by atoms with E-state index in [1.165, 1.54) is 29.6 Å². The van der Waals surface area contributed by atoms with Crippen molar-refractivity contribution in [3.05, 3.63) is 48.0 Å². The minimum absolute atomic E-state index is 0.0768. The summed E-state index contributed by atoms with van der Waals surface area (Å²) in [6.45, 7) is 4.81. The summed E-state index contributed by atoms with van der Waals surface area (Å²) in [5.41, 5.74) is 1.17. The molecular formula is C21H26N2O6S. The molecule has 9 heteroatoms. The first kappa shape index (κ1) is 22.1. The molecule has 2 aromatic carbocycles. The third-order valence-corrected chi connectivity index (χ3v) is 6.70. The number of benzene rings is 2. The normalized spacial score (nSPS) is 16.0. The first-order chi connectivity index (χ1) is 14.3. The second-order valence-electron chi connectivity index (χ2n) is 6.89. The predicted molar refractivity (Wildman–Crippen MR) is 112 cm³/mol. The van der Waals surface area contributed by atoms with Gasteiger partial charge in [-0.25, -0.2) is 8.42 Å². The molecule has 0 bridgehead atoms. The first-order valence-corrected chi connectivity index (χ1v) is 11.1. The molecule has 1 heterocycles. The molecule has 1 atom stereocenters. The van der Waals surface area contributed by atoms with Crippen molar-refractivity contribution in [1.82, 2.24) is 4.31 Å². The Morgan fingerprint density at radius 1 is 1.13 bits per heavy atom. The number of carbonyl (C=O) groups is 1. The minimum Gasteiger partial charge on any atom is -0.495 e. The third-order valence-electron chi connectivity index (χ3n) is 4.80. The number of anilines is 1. The van der Waals surface area contributed by atoms with Gasteiger partial charge in [-0.05, 0) is 43.7 Å². The number of carbonyl (C=O) groups excluding carboxylic acids is 1. The van der Waals surface area contributed by atoms with Crippen LogP contribution in [0.4, 0.5) is 5.69 Å². The summed E-state index contributed by atoms with van der Waals surface area (Å²) >= 11 is 0. The van der Waals surface area contributed by atoms with Gasteiger partial charge in [0.15, 0.2) is 6.10 Å². The number of nitrogens with zero attached hydrogens (tertiary/aromatic N) is 1. The number of hydrogen-bond acceptors (Lipinski definition) is 6. The Balaban J connectivity index is 1.80. The van der Waals surface area contributed by atoms with Gasteiger partial charge in [-0.2, -0.15) is 4.31 Å². The first-order valence-electron chi connectivity index (χ1n) is 9.62. The van der Waals surface area contributed by atoms with Crippen LogP contribution in [-0.4, -0.2) is 58.1 Å². The number of nitrogens with one attached hydrogen (secondary N) is 1. The number of amides is 1. The zero-order chi connectivity index (χ0) is 21.7. The Bertz CT molecular complexity index is 1000. The summed E-state index contributed by atoms with van der Waals surface area (Å²) in [4.78, 5) is 12.8. The molecule has 1 saturated heterocycles. The van der Waals surface area contributed by atoms with Gasteiger partial charge in [0.1, 0.15) is 11.5 Å². The van der Waals surface area contributed by atoms with E-state index in [0.717, 1.165) is 5.56 Å². The predicted octanol–water partition coefficient (Wildman–Crippen LogP) is 2.43. The number of para-hydroxylation sites is 1. The molecule has 0 saturated carbocycles. The molecule has 8 nitrogen and oxygen atoms in total. The summed E-state index contributed by atoms with van der Waals surface area (Å²) in [6, 6.07) is 11.8. The van der Waals surface area contributed by atoms with Crippen LogP contribution in [0.2, 0.25) is 0 Å². The van der Waals surface area contributed by atoms with E-state index in [1.807, 2.05) is 25.1 Å². The van der Waals surface area contributed by atoms with Gasteiger partial charge >= 0.3 is 0 Å². The summed E-state index contributed by atoms with van der Waals surface area (Å²) in [6.07, 6.45) is -0.796. The van der Waals surface area contributed by atoms with Crippen LogP contribution in [0.3, 0.4) is 0 Å². The quantitative estimate of drug-likeness (QED) is 0.719. The largest absolute Gasteiger partial charge is 0.495 e. The van der Waals surface area contributed by atoms with Gasteiger partial charge in [0.25, 0.3) is 5.91 Å². The molecule has 1 N–H and O–H groups in total. The number of morpholine rings is 1. The second kappa shape index (κ2) is 9.46. The average molecular weight is 435 g/mol. The maximum Gasteiger partial charge on any atom is 0.265 e. The van der Waals surface area contributed by atoms with E-state index in [1.54, 1.807) is 13.0 Å². The number of aryl methyl sites for hydroxylation is 1. The van der Waals surface area contributed by atoms with Crippen molar-refractivity contribution in [2.45, 2.75) is 24.8 Å². The van der Waals surface area contributed by atoms with Crippen molar-refractivity contribution < 1.29 is 27.4 Å². The summed E-state index contributed by atoms with van der Waals surface area (Å²) < 4.78 is 43.5. The topological polar surface area (TPSA) is 94.2 Å². The van der Waals surface area contributed by atoms with Gasteiger partial charge in [0.2, 0.25) is 10.0 Å². The van der Waals surface area contributed by atoms with Gasteiger partial charge in [-0.1, -0.05) is 18.2 Å². The number of rotatable bonds is 7. The van der Waals surface area contributed by atoms with E-state index < -0.39 is 22.0 Å². The number of hydrogen-bond donors (Lipinski definition) is 1. The van der Waals surface area contributed by atoms with Crippen molar-refractivity contribution in [2.24, 2.45) is 0 Å². The van der Waals surface area contributed by atoms with Crippen molar-refractivity contribution >= 4 is 21.6 Å². The molecule has 0 spiro atoms. The van der Waals surface area contributed by atoms with Gasteiger partial charge < -0.3 is 19.5 Å².